The predicted molar refractivity (Wildman–Crippen MR) is 60.1 cm³/mol. The van der Waals surface area contributed by atoms with Gasteiger partial charge in [0, 0.05) is 18.4 Å². The van der Waals surface area contributed by atoms with Gasteiger partial charge in [-0.1, -0.05) is 0 Å². The van der Waals surface area contributed by atoms with Gasteiger partial charge in [-0.2, -0.15) is 0 Å². The van der Waals surface area contributed by atoms with E-state index in [1.54, 1.807) is 0 Å². The highest BCUT2D eigenvalue weighted by Crippen LogP contribution is 2.22. The minimum Gasteiger partial charge on any atom is -0.479 e. The molecule has 1 fully saturated rings. The quantitative estimate of drug-likeness (QED) is 0.737. The summed E-state index contributed by atoms with van der Waals surface area (Å²) in [5.41, 5.74) is 0.269. The van der Waals surface area contributed by atoms with Crippen LogP contribution in [0.2, 0.25) is 0 Å². The Morgan fingerprint density at radius 2 is 2.24 bits per heavy atom. The average Bonchev–Trinajstić information content (AvgIpc) is 2.86. The van der Waals surface area contributed by atoms with E-state index >= 15 is 0 Å². The summed E-state index contributed by atoms with van der Waals surface area (Å²) in [5.74, 6) is -0.0587. The van der Waals surface area contributed by atoms with Crippen molar-refractivity contribution in [2.24, 2.45) is 5.92 Å². The van der Waals surface area contributed by atoms with E-state index in [4.69, 9.17) is 9.47 Å². The molecular weight excluding hydrogens is 222 g/mol. The van der Waals surface area contributed by atoms with E-state index < -0.39 is 0 Å². The molecule has 0 amide bonds. The van der Waals surface area contributed by atoms with Gasteiger partial charge >= 0.3 is 0 Å². The SMILES string of the molecule is CNC1COCC1C(=O)c1nccnc1OC. The van der Waals surface area contributed by atoms with Gasteiger partial charge in [0.25, 0.3) is 0 Å². The number of aromatic nitrogens is 2. The fourth-order valence-electron chi connectivity index (χ4n) is 1.92. The Kier molecular flexibility index (Phi) is 3.65. The van der Waals surface area contributed by atoms with Crippen LogP contribution in [0.3, 0.4) is 0 Å². The summed E-state index contributed by atoms with van der Waals surface area (Å²) in [4.78, 5) is 20.3. The van der Waals surface area contributed by atoms with E-state index in [0.717, 1.165) is 0 Å². The number of nitrogens with one attached hydrogen (secondary N) is 1. The van der Waals surface area contributed by atoms with Gasteiger partial charge in [-0.15, -0.1) is 0 Å². The van der Waals surface area contributed by atoms with Crippen molar-refractivity contribution in [3.8, 4) is 5.88 Å². The largest absolute Gasteiger partial charge is 0.479 e. The first-order valence-corrected chi connectivity index (χ1v) is 5.42. The highest BCUT2D eigenvalue weighted by atomic mass is 16.5. The molecule has 0 spiro atoms. The number of ketones is 1. The number of methoxy groups -OCH3 is 1. The monoisotopic (exact) mass is 237 g/mol. The minimum absolute atomic E-state index is 0.0224. The van der Waals surface area contributed by atoms with Gasteiger partial charge in [-0.3, -0.25) is 4.79 Å². The van der Waals surface area contributed by atoms with Gasteiger partial charge in [-0.05, 0) is 7.05 Å². The summed E-state index contributed by atoms with van der Waals surface area (Å²) in [6.07, 6.45) is 2.98. The van der Waals surface area contributed by atoms with Crippen molar-refractivity contribution in [2.75, 3.05) is 27.4 Å². The zero-order chi connectivity index (χ0) is 12.3. The van der Waals surface area contributed by atoms with Crippen molar-refractivity contribution >= 4 is 5.78 Å². The summed E-state index contributed by atoms with van der Waals surface area (Å²) in [6, 6.07) is 0.0224. The summed E-state index contributed by atoms with van der Waals surface area (Å²) in [6.45, 7) is 0.944. The second-order valence-electron chi connectivity index (χ2n) is 3.82. The van der Waals surface area contributed by atoms with Crippen molar-refractivity contribution in [2.45, 2.75) is 6.04 Å². The van der Waals surface area contributed by atoms with E-state index in [-0.39, 0.29) is 29.3 Å². The van der Waals surface area contributed by atoms with Crippen LogP contribution in [-0.4, -0.2) is 49.2 Å². The Labute approximate surface area is 99.4 Å². The van der Waals surface area contributed by atoms with E-state index in [2.05, 4.69) is 15.3 Å². The molecule has 6 nitrogen and oxygen atoms in total. The van der Waals surface area contributed by atoms with Crippen molar-refractivity contribution in [1.29, 1.82) is 0 Å². The second-order valence-corrected chi connectivity index (χ2v) is 3.82. The van der Waals surface area contributed by atoms with Crippen LogP contribution in [0.25, 0.3) is 0 Å². The van der Waals surface area contributed by atoms with Crippen LogP contribution in [0.1, 0.15) is 10.5 Å². The number of ether oxygens (including phenoxy) is 2. The van der Waals surface area contributed by atoms with Crippen LogP contribution >= 0.6 is 0 Å². The van der Waals surface area contributed by atoms with E-state index in [0.29, 0.717) is 13.2 Å². The van der Waals surface area contributed by atoms with Gasteiger partial charge in [0.05, 0.1) is 26.2 Å². The molecule has 2 unspecified atom stereocenters. The lowest BCUT2D eigenvalue weighted by atomic mass is 9.96. The smallest absolute Gasteiger partial charge is 0.243 e. The van der Waals surface area contributed by atoms with Gasteiger partial charge < -0.3 is 14.8 Å². The van der Waals surface area contributed by atoms with Crippen molar-refractivity contribution < 1.29 is 14.3 Å². The molecule has 2 heterocycles. The van der Waals surface area contributed by atoms with Gasteiger partial charge in [0.15, 0.2) is 11.5 Å². The number of nitrogens with zero attached hydrogens (tertiary/aromatic N) is 2. The van der Waals surface area contributed by atoms with E-state index in [1.807, 2.05) is 7.05 Å². The van der Waals surface area contributed by atoms with Crippen LogP contribution in [-0.2, 0) is 4.74 Å². The molecule has 92 valence electrons. The normalized spacial score (nSPS) is 23.6. The molecule has 2 rings (SSSR count). The lowest BCUT2D eigenvalue weighted by molar-refractivity contribution is 0.0883. The highest BCUT2D eigenvalue weighted by Gasteiger charge is 2.35. The maximum Gasteiger partial charge on any atom is 0.243 e. The van der Waals surface area contributed by atoms with Gasteiger partial charge in [0.2, 0.25) is 5.88 Å². The lowest BCUT2D eigenvalue weighted by Gasteiger charge is -2.15. The molecule has 0 radical (unpaired) electrons. The van der Waals surface area contributed by atoms with Crippen LogP contribution < -0.4 is 10.1 Å². The van der Waals surface area contributed by atoms with Crippen molar-refractivity contribution in [3.63, 3.8) is 0 Å². The van der Waals surface area contributed by atoms with Gasteiger partial charge in [-0.25, -0.2) is 9.97 Å². The van der Waals surface area contributed by atoms with Crippen LogP contribution in [0.4, 0.5) is 0 Å². The third-order valence-electron chi connectivity index (χ3n) is 2.88. The third-order valence-corrected chi connectivity index (χ3v) is 2.88. The molecule has 1 aliphatic rings. The predicted octanol–water partition coefficient (Wildman–Crippen LogP) is -0.0977. The van der Waals surface area contributed by atoms with Crippen molar-refractivity contribution in [1.82, 2.24) is 15.3 Å². The fourth-order valence-corrected chi connectivity index (χ4v) is 1.92. The number of hydrogen-bond acceptors (Lipinski definition) is 6. The maximum absolute atomic E-state index is 12.3. The molecule has 1 saturated heterocycles. The second kappa shape index (κ2) is 5.20. The lowest BCUT2D eigenvalue weighted by Crippen LogP contribution is -2.37. The molecule has 0 bridgehead atoms. The number of Topliss-reactive ketones (excluding diaryl/α,β-unsaturated/α-hetero) is 1. The Morgan fingerprint density at radius 1 is 1.47 bits per heavy atom. The minimum atomic E-state index is -0.231. The highest BCUT2D eigenvalue weighted by molar-refractivity contribution is 5.98. The van der Waals surface area contributed by atoms with Crippen LogP contribution in [0.5, 0.6) is 5.88 Å². The number of carbonyl (C=O) groups excluding carboxylic acids is 1. The number of carbonyl (C=O) groups is 1. The standard InChI is InChI=1S/C11H15N3O3/c1-12-8-6-17-5-7(8)10(15)9-11(16-2)14-4-3-13-9/h3-4,7-8,12H,5-6H2,1-2H3. The fraction of sp³-hybridized carbons (Fsp3) is 0.545. The number of hydrogen-bond donors (Lipinski definition) is 1. The average molecular weight is 237 g/mol. The summed E-state index contributed by atoms with van der Waals surface area (Å²) >= 11 is 0. The summed E-state index contributed by atoms with van der Waals surface area (Å²) in [7, 11) is 3.29. The molecule has 0 aromatic carbocycles. The molecule has 1 N–H and O–H groups in total. The van der Waals surface area contributed by atoms with Crippen molar-refractivity contribution in [3.05, 3.63) is 18.1 Å². The number of rotatable bonds is 4. The molecule has 1 aliphatic heterocycles. The first-order valence-electron chi connectivity index (χ1n) is 5.42. The molecule has 1 aromatic rings. The Hall–Kier alpha value is -1.53. The number of likely N-dealkylation sites (N-methyl/N-ethyl adjacent to an activating group) is 1. The first-order chi connectivity index (χ1) is 8.27. The Balaban J connectivity index is 2.24. The maximum atomic E-state index is 12.3. The van der Waals surface area contributed by atoms with E-state index in [9.17, 15) is 4.79 Å². The third kappa shape index (κ3) is 2.27. The topological polar surface area (TPSA) is 73.3 Å². The first kappa shape index (κ1) is 11.9. The van der Waals surface area contributed by atoms with Gasteiger partial charge in [0.1, 0.15) is 0 Å². The van der Waals surface area contributed by atoms with Crippen LogP contribution in [0, 0.1) is 5.92 Å². The zero-order valence-corrected chi connectivity index (χ0v) is 9.84. The molecule has 0 aliphatic carbocycles. The molecule has 1 aromatic heterocycles. The Morgan fingerprint density at radius 3 is 2.94 bits per heavy atom. The summed E-state index contributed by atoms with van der Waals surface area (Å²) in [5, 5.41) is 3.07. The molecule has 2 atom stereocenters. The van der Waals surface area contributed by atoms with E-state index in [1.165, 1.54) is 19.5 Å². The molecule has 0 saturated carbocycles. The molecular formula is C11H15N3O3. The summed E-state index contributed by atoms with van der Waals surface area (Å²) < 4.78 is 10.3. The molecule has 6 heteroatoms. The Bertz CT molecular complexity index is 411. The zero-order valence-electron chi connectivity index (χ0n) is 9.84. The molecule has 17 heavy (non-hydrogen) atoms. The van der Waals surface area contributed by atoms with Crippen LogP contribution in [0.15, 0.2) is 12.4 Å².